The molecule has 1 saturated heterocycles. The smallest absolute Gasteiger partial charge is 0.381 e. The van der Waals surface area contributed by atoms with Crippen LogP contribution in [0.15, 0.2) is 112 Å². The zero-order valence-corrected chi connectivity index (χ0v) is 38.4. The van der Waals surface area contributed by atoms with Crippen LogP contribution >= 0.6 is 23.4 Å². The van der Waals surface area contributed by atoms with Crippen LogP contribution < -0.4 is 14.9 Å². The van der Waals surface area contributed by atoms with Gasteiger partial charge in [-0.15, -0.1) is 11.8 Å². The lowest BCUT2D eigenvalue weighted by Gasteiger charge is -2.37. The summed E-state index contributed by atoms with van der Waals surface area (Å²) in [5.74, 6) is -0.440. The summed E-state index contributed by atoms with van der Waals surface area (Å²) in [7, 11) is -4.66. The van der Waals surface area contributed by atoms with E-state index < -0.39 is 32.6 Å². The molecular formula is C48H59ClF3N5O3S2. The Balaban J connectivity index is 1.09. The van der Waals surface area contributed by atoms with Crippen LogP contribution in [0.3, 0.4) is 0 Å². The minimum atomic E-state index is -4.87. The number of thioether (sulfide) groups is 1. The summed E-state index contributed by atoms with van der Waals surface area (Å²) in [6, 6.07) is 27.4. The van der Waals surface area contributed by atoms with Crippen molar-refractivity contribution in [1.29, 1.82) is 0 Å². The zero-order valence-electron chi connectivity index (χ0n) is 36.1. The highest BCUT2D eigenvalue weighted by atomic mass is 35.5. The average molecular weight is 911 g/mol. The zero-order chi connectivity index (χ0) is 44.4. The van der Waals surface area contributed by atoms with Crippen molar-refractivity contribution in [1.82, 2.24) is 14.5 Å². The molecule has 0 bridgehead atoms. The number of halogens is 4. The highest BCUT2D eigenvalue weighted by molar-refractivity contribution is 7.99. The van der Waals surface area contributed by atoms with E-state index in [1.54, 1.807) is 36.0 Å². The molecule has 14 heteroatoms. The van der Waals surface area contributed by atoms with Crippen molar-refractivity contribution in [3.05, 3.63) is 124 Å². The van der Waals surface area contributed by atoms with E-state index in [0.29, 0.717) is 24.8 Å². The van der Waals surface area contributed by atoms with Crippen molar-refractivity contribution >= 4 is 56.2 Å². The minimum absolute atomic E-state index is 0.0796. The van der Waals surface area contributed by atoms with Crippen molar-refractivity contribution in [3.8, 4) is 0 Å². The first kappa shape index (κ1) is 47.5. The van der Waals surface area contributed by atoms with Gasteiger partial charge in [-0.1, -0.05) is 53.9 Å². The summed E-state index contributed by atoms with van der Waals surface area (Å²) in [6.07, 6.45) is 1.46. The first-order valence-electron chi connectivity index (χ1n) is 21.6. The van der Waals surface area contributed by atoms with Crippen molar-refractivity contribution in [3.63, 3.8) is 0 Å². The van der Waals surface area contributed by atoms with Crippen LogP contribution in [0.1, 0.15) is 87.7 Å². The number of piperazine rings is 1. The van der Waals surface area contributed by atoms with Gasteiger partial charge in [0.05, 0.1) is 10.5 Å². The van der Waals surface area contributed by atoms with Crippen molar-refractivity contribution < 1.29 is 26.4 Å². The normalized spacial score (nSPS) is 16.2. The largest absolute Gasteiger partial charge is 0.418 e. The van der Waals surface area contributed by atoms with Gasteiger partial charge in [-0.25, -0.2) is 13.1 Å². The second kappa shape index (κ2) is 21.6. The Kier molecular flexibility index (Phi) is 16.5. The number of benzene rings is 4. The Morgan fingerprint density at radius 2 is 1.50 bits per heavy atom. The fourth-order valence-electron chi connectivity index (χ4n) is 8.42. The summed E-state index contributed by atoms with van der Waals surface area (Å²) < 4.78 is 72.9. The maximum atomic E-state index is 14.6. The molecule has 1 heterocycles. The molecule has 1 atom stereocenters. The Bertz CT molecular complexity index is 2220. The van der Waals surface area contributed by atoms with Crippen molar-refractivity contribution in [2.24, 2.45) is 0 Å². The molecule has 1 aliphatic carbocycles. The molecule has 1 aliphatic heterocycles. The van der Waals surface area contributed by atoms with E-state index in [1.807, 2.05) is 47.2 Å². The molecule has 0 aromatic heterocycles. The molecule has 62 heavy (non-hydrogen) atoms. The molecule has 2 aliphatic rings. The number of nitrogens with one attached hydrogen (secondary N) is 2. The molecule has 4 aromatic carbocycles. The molecular weight excluding hydrogens is 851 g/mol. The van der Waals surface area contributed by atoms with Crippen LogP contribution in [-0.4, -0.2) is 87.3 Å². The van der Waals surface area contributed by atoms with E-state index in [9.17, 15) is 26.4 Å². The van der Waals surface area contributed by atoms with E-state index in [1.165, 1.54) is 36.0 Å². The number of alkyl halides is 3. The van der Waals surface area contributed by atoms with Gasteiger partial charge in [-0.2, -0.15) is 13.2 Å². The SMILES string of the molecule is CC(C)N(CC[C@H](CSc1ccccc1)Nc1ccc(S(=O)(=O)NC(=O)c2ccc(N3CCN(CC4=C(c5ccc(Cl)cc5)CCCCC4)CC3)cc2)cc1C(F)(F)F)C(C)C. The van der Waals surface area contributed by atoms with Gasteiger partial charge in [0.25, 0.3) is 15.9 Å². The van der Waals surface area contributed by atoms with Crippen LogP contribution in [0.5, 0.6) is 0 Å². The standard InChI is InChI=1S/C48H59ClF3N5O3S2/c1-34(2)57(35(3)4)26-25-40(33-61-42-12-8-6-9-13-42)53-46-24-23-43(31-45(46)48(50,51)52)62(59,60)54-47(58)37-17-21-41(22-18-37)56-29-27-55(28-30-56)32-38-11-7-5-10-14-44(38)36-15-19-39(49)20-16-36/h6,8-9,12-13,15-24,31,34-35,40,53H,5,7,10-11,14,25-30,32-33H2,1-4H3,(H,54,58)/t40-/m1/s1. The molecule has 0 unspecified atom stereocenters. The number of amides is 1. The molecule has 8 nitrogen and oxygen atoms in total. The lowest BCUT2D eigenvalue weighted by molar-refractivity contribution is -0.137. The summed E-state index contributed by atoms with van der Waals surface area (Å²) in [5, 5.41) is 3.84. The number of nitrogens with zero attached hydrogens (tertiary/aromatic N) is 3. The van der Waals surface area contributed by atoms with Gasteiger partial charge in [-0.05, 0) is 138 Å². The van der Waals surface area contributed by atoms with Crippen LogP contribution in [0.2, 0.25) is 5.02 Å². The lowest BCUT2D eigenvalue weighted by Crippen LogP contribution is -2.47. The number of anilines is 2. The number of carbonyl (C=O) groups excluding carboxylic acids is 1. The third kappa shape index (κ3) is 13.0. The van der Waals surface area contributed by atoms with E-state index in [-0.39, 0.29) is 29.4 Å². The van der Waals surface area contributed by atoms with Gasteiger partial charge < -0.3 is 10.2 Å². The van der Waals surface area contributed by atoms with E-state index in [4.69, 9.17) is 11.6 Å². The maximum absolute atomic E-state index is 14.6. The number of carbonyl (C=O) groups is 1. The minimum Gasteiger partial charge on any atom is -0.381 e. The van der Waals surface area contributed by atoms with Gasteiger partial charge in [0.1, 0.15) is 0 Å². The topological polar surface area (TPSA) is 85.0 Å². The highest BCUT2D eigenvalue weighted by Crippen LogP contribution is 2.38. The number of sulfonamides is 1. The van der Waals surface area contributed by atoms with Gasteiger partial charge >= 0.3 is 6.18 Å². The lowest BCUT2D eigenvalue weighted by atomic mass is 9.95. The predicted octanol–water partition coefficient (Wildman–Crippen LogP) is 11.1. The van der Waals surface area contributed by atoms with Gasteiger partial charge in [-0.3, -0.25) is 14.6 Å². The Labute approximate surface area is 375 Å². The van der Waals surface area contributed by atoms with Crippen LogP contribution in [0.4, 0.5) is 24.5 Å². The molecule has 2 N–H and O–H groups in total. The first-order chi connectivity index (χ1) is 29.6. The summed E-state index contributed by atoms with van der Waals surface area (Å²) in [5.41, 5.74) is 3.83. The van der Waals surface area contributed by atoms with E-state index in [0.717, 1.165) is 73.3 Å². The molecule has 0 saturated carbocycles. The monoisotopic (exact) mass is 909 g/mol. The summed E-state index contributed by atoms with van der Waals surface area (Å²) >= 11 is 7.72. The third-order valence-electron chi connectivity index (χ3n) is 11.8. The number of hydrogen-bond donors (Lipinski definition) is 2. The molecule has 334 valence electrons. The van der Waals surface area contributed by atoms with Gasteiger partial charge in [0, 0.05) is 90.0 Å². The summed E-state index contributed by atoms with van der Waals surface area (Å²) in [6.45, 7) is 13.3. The maximum Gasteiger partial charge on any atom is 0.418 e. The molecule has 0 spiro atoms. The van der Waals surface area contributed by atoms with Gasteiger partial charge in [0.2, 0.25) is 0 Å². The molecule has 6 rings (SSSR count). The fourth-order valence-corrected chi connectivity index (χ4v) is 10.5. The second-order valence-corrected chi connectivity index (χ2v) is 20.0. The molecule has 1 amide bonds. The third-order valence-corrected chi connectivity index (χ3v) is 14.5. The Hall–Kier alpha value is -4.01. The Morgan fingerprint density at radius 1 is 0.839 bits per heavy atom. The van der Waals surface area contributed by atoms with Crippen LogP contribution in [0.25, 0.3) is 5.57 Å². The predicted molar refractivity (Wildman–Crippen MR) is 249 cm³/mol. The summed E-state index contributed by atoms with van der Waals surface area (Å²) in [4.78, 5) is 20.6. The Morgan fingerprint density at radius 3 is 2.15 bits per heavy atom. The molecule has 0 radical (unpaired) electrons. The second-order valence-electron chi connectivity index (χ2n) is 16.8. The fraction of sp³-hybridized carbons (Fsp3) is 0.438. The first-order valence-corrected chi connectivity index (χ1v) is 24.4. The number of rotatable bonds is 17. The van der Waals surface area contributed by atoms with Gasteiger partial charge in [0.15, 0.2) is 0 Å². The van der Waals surface area contributed by atoms with Crippen LogP contribution in [-0.2, 0) is 16.2 Å². The number of hydrogen-bond acceptors (Lipinski definition) is 8. The quantitative estimate of drug-likeness (QED) is 0.101. The van der Waals surface area contributed by atoms with Crippen molar-refractivity contribution in [2.45, 2.75) is 100 Å². The highest BCUT2D eigenvalue weighted by Gasteiger charge is 2.36. The molecule has 1 fully saturated rings. The average Bonchev–Trinajstić information content (AvgIpc) is 3.48. The van der Waals surface area contributed by atoms with E-state index in [2.05, 4.69) is 59.8 Å². The molecule has 4 aromatic rings. The van der Waals surface area contributed by atoms with Crippen molar-refractivity contribution in [2.75, 3.05) is 55.2 Å². The number of allylic oxidation sites excluding steroid dienone is 1. The van der Waals surface area contributed by atoms with Crippen LogP contribution in [0, 0.1) is 0 Å². The van der Waals surface area contributed by atoms with E-state index >= 15 is 0 Å².